The van der Waals surface area contributed by atoms with Gasteiger partial charge in [-0.1, -0.05) is 12.1 Å². The van der Waals surface area contributed by atoms with Crippen LogP contribution in [0, 0.1) is 0 Å². The summed E-state index contributed by atoms with van der Waals surface area (Å²) in [7, 11) is 0. The molecule has 0 aliphatic carbocycles. The molecule has 8 heteroatoms. The van der Waals surface area contributed by atoms with E-state index >= 15 is 0 Å². The third-order valence-electron chi connectivity index (χ3n) is 1.91. The van der Waals surface area contributed by atoms with E-state index in [1.165, 1.54) is 6.07 Å². The van der Waals surface area contributed by atoms with Crippen LogP contribution in [0.25, 0.3) is 0 Å². The predicted octanol–water partition coefficient (Wildman–Crippen LogP) is 2.07. The van der Waals surface area contributed by atoms with Crippen LogP contribution in [0.1, 0.15) is 10.4 Å². The monoisotopic (exact) mass is 284 g/mol. The van der Waals surface area contributed by atoms with Crippen LogP contribution in [0.4, 0.5) is 0 Å². The molecule has 0 radical (unpaired) electrons. The van der Waals surface area contributed by atoms with Gasteiger partial charge in [0.05, 0.1) is 5.56 Å². The van der Waals surface area contributed by atoms with Crippen LogP contribution in [0.2, 0.25) is 10.6 Å². The van der Waals surface area contributed by atoms with E-state index in [9.17, 15) is 4.79 Å². The Morgan fingerprint density at radius 3 is 2.33 bits per heavy atom. The van der Waals surface area contributed by atoms with Crippen molar-refractivity contribution in [1.29, 1.82) is 0 Å². The van der Waals surface area contributed by atoms with Crippen molar-refractivity contribution in [3.63, 3.8) is 0 Å². The van der Waals surface area contributed by atoms with E-state index in [1.54, 1.807) is 18.2 Å². The topological polar surface area (TPSA) is 91.0 Å². The number of amides is 1. The first kappa shape index (κ1) is 12.5. The Hall–Kier alpha value is -1.92. The maximum Gasteiger partial charge on any atom is 0.327 e. The van der Waals surface area contributed by atoms with Gasteiger partial charge in [0.25, 0.3) is 5.91 Å². The second-order valence-corrected chi connectivity index (χ2v) is 3.79. The van der Waals surface area contributed by atoms with Gasteiger partial charge in [-0.2, -0.15) is 15.0 Å². The Kier molecular flexibility index (Phi) is 3.59. The van der Waals surface area contributed by atoms with E-state index in [1.807, 2.05) is 0 Å². The maximum atomic E-state index is 11.2. The third-order valence-corrected chi connectivity index (χ3v) is 2.25. The van der Waals surface area contributed by atoms with Crippen LogP contribution < -0.4 is 10.5 Å². The van der Waals surface area contributed by atoms with Gasteiger partial charge in [-0.25, -0.2) is 0 Å². The lowest BCUT2D eigenvalue weighted by molar-refractivity contribution is 0.0998. The fraction of sp³-hybridized carbons (Fsp3) is 0. The summed E-state index contributed by atoms with van der Waals surface area (Å²) in [5.41, 5.74) is 5.40. The molecular formula is C10H6Cl2N4O2. The molecule has 0 saturated carbocycles. The van der Waals surface area contributed by atoms with Crippen molar-refractivity contribution in [3.8, 4) is 11.8 Å². The van der Waals surface area contributed by atoms with E-state index in [0.29, 0.717) is 0 Å². The van der Waals surface area contributed by atoms with Gasteiger partial charge in [0.1, 0.15) is 5.75 Å². The summed E-state index contributed by atoms with van der Waals surface area (Å²) in [6.07, 6.45) is 0. The summed E-state index contributed by atoms with van der Waals surface area (Å²) < 4.78 is 5.30. The Labute approximate surface area is 112 Å². The van der Waals surface area contributed by atoms with E-state index < -0.39 is 5.91 Å². The minimum Gasteiger partial charge on any atom is -0.423 e. The number of ether oxygens (including phenoxy) is 1. The second-order valence-electron chi connectivity index (χ2n) is 3.12. The highest BCUT2D eigenvalue weighted by Gasteiger charge is 2.12. The second kappa shape index (κ2) is 5.16. The molecule has 0 fully saturated rings. The van der Waals surface area contributed by atoms with E-state index in [2.05, 4.69) is 15.0 Å². The van der Waals surface area contributed by atoms with Crippen molar-refractivity contribution in [3.05, 3.63) is 40.4 Å². The Morgan fingerprint density at radius 1 is 1.11 bits per heavy atom. The molecule has 0 aliphatic heterocycles. The molecule has 2 rings (SSSR count). The molecule has 6 nitrogen and oxygen atoms in total. The fourth-order valence-corrected chi connectivity index (χ4v) is 1.56. The number of hydrogen-bond acceptors (Lipinski definition) is 5. The van der Waals surface area contributed by atoms with Gasteiger partial charge in [0.15, 0.2) is 0 Å². The highest BCUT2D eigenvalue weighted by Crippen LogP contribution is 2.23. The number of carbonyl (C=O) groups is 1. The molecule has 0 unspecified atom stereocenters. The van der Waals surface area contributed by atoms with Crippen LogP contribution in [-0.4, -0.2) is 20.9 Å². The number of hydrogen-bond donors (Lipinski definition) is 1. The molecule has 1 amide bonds. The highest BCUT2D eigenvalue weighted by molar-refractivity contribution is 6.31. The first-order valence-electron chi connectivity index (χ1n) is 4.70. The van der Waals surface area contributed by atoms with E-state index in [-0.39, 0.29) is 27.9 Å². The van der Waals surface area contributed by atoms with Gasteiger partial charge in [-0.3, -0.25) is 4.79 Å². The predicted molar refractivity (Wildman–Crippen MR) is 64.9 cm³/mol. The van der Waals surface area contributed by atoms with Gasteiger partial charge >= 0.3 is 6.01 Å². The number of primary amides is 1. The standard InChI is InChI=1S/C10H6Cl2N4O2/c11-8-14-9(12)16-10(15-8)18-6-4-2-1-3-5(6)7(13)17/h1-4H,(H2,13,17). The van der Waals surface area contributed by atoms with Crippen molar-refractivity contribution in [2.75, 3.05) is 0 Å². The van der Waals surface area contributed by atoms with Gasteiger partial charge in [-0.15, -0.1) is 0 Å². The number of rotatable bonds is 3. The number of carbonyl (C=O) groups excluding carboxylic acids is 1. The van der Waals surface area contributed by atoms with Crippen molar-refractivity contribution in [1.82, 2.24) is 15.0 Å². The first-order chi connectivity index (χ1) is 8.56. The number of para-hydroxylation sites is 1. The maximum absolute atomic E-state index is 11.2. The molecule has 2 aromatic rings. The van der Waals surface area contributed by atoms with Crippen LogP contribution in [0.15, 0.2) is 24.3 Å². The Bertz CT molecular complexity index is 586. The fourth-order valence-electron chi connectivity index (χ4n) is 1.21. The number of aromatic nitrogens is 3. The lowest BCUT2D eigenvalue weighted by atomic mass is 10.2. The number of nitrogens with zero attached hydrogens (tertiary/aromatic N) is 3. The first-order valence-corrected chi connectivity index (χ1v) is 5.45. The average molecular weight is 285 g/mol. The minimum atomic E-state index is -0.628. The van der Waals surface area contributed by atoms with Crippen LogP contribution in [0.3, 0.4) is 0 Å². The molecule has 0 atom stereocenters. The molecule has 1 aromatic heterocycles. The molecule has 1 aromatic carbocycles. The van der Waals surface area contributed by atoms with E-state index in [0.717, 1.165) is 0 Å². The van der Waals surface area contributed by atoms with Crippen molar-refractivity contribution >= 4 is 29.1 Å². The molecule has 18 heavy (non-hydrogen) atoms. The summed E-state index contributed by atoms with van der Waals surface area (Å²) in [6.45, 7) is 0. The lowest BCUT2D eigenvalue weighted by Crippen LogP contribution is -2.12. The summed E-state index contributed by atoms with van der Waals surface area (Å²) in [6, 6.07) is 6.27. The molecule has 0 saturated heterocycles. The average Bonchev–Trinajstić information content (AvgIpc) is 2.27. The van der Waals surface area contributed by atoms with Crippen LogP contribution in [-0.2, 0) is 0 Å². The molecular weight excluding hydrogens is 279 g/mol. The number of halogens is 2. The normalized spacial score (nSPS) is 10.1. The SMILES string of the molecule is NC(=O)c1ccccc1Oc1nc(Cl)nc(Cl)n1. The van der Waals surface area contributed by atoms with Crippen LogP contribution >= 0.6 is 23.2 Å². The summed E-state index contributed by atoms with van der Waals surface area (Å²) >= 11 is 11.2. The van der Waals surface area contributed by atoms with Gasteiger partial charge in [0.2, 0.25) is 10.6 Å². The van der Waals surface area contributed by atoms with Gasteiger partial charge in [0, 0.05) is 0 Å². The molecule has 1 heterocycles. The van der Waals surface area contributed by atoms with Gasteiger partial charge in [-0.05, 0) is 35.3 Å². The Morgan fingerprint density at radius 2 is 1.72 bits per heavy atom. The molecule has 0 spiro atoms. The minimum absolute atomic E-state index is 0.110. The number of benzene rings is 1. The zero-order valence-electron chi connectivity index (χ0n) is 8.80. The molecule has 92 valence electrons. The van der Waals surface area contributed by atoms with Crippen molar-refractivity contribution < 1.29 is 9.53 Å². The molecule has 2 N–H and O–H groups in total. The molecule has 0 bridgehead atoms. The largest absolute Gasteiger partial charge is 0.423 e. The third kappa shape index (κ3) is 2.85. The zero-order valence-corrected chi connectivity index (χ0v) is 10.3. The lowest BCUT2D eigenvalue weighted by Gasteiger charge is -2.07. The highest BCUT2D eigenvalue weighted by atomic mass is 35.5. The molecule has 0 aliphatic rings. The van der Waals surface area contributed by atoms with E-state index in [4.69, 9.17) is 33.7 Å². The number of nitrogens with two attached hydrogens (primary N) is 1. The van der Waals surface area contributed by atoms with Crippen molar-refractivity contribution in [2.24, 2.45) is 5.73 Å². The smallest absolute Gasteiger partial charge is 0.327 e. The Balaban J connectivity index is 2.37. The summed E-state index contributed by atoms with van der Waals surface area (Å²) in [5.74, 6) is -0.416. The zero-order chi connectivity index (χ0) is 13.1. The summed E-state index contributed by atoms with van der Waals surface area (Å²) in [4.78, 5) is 22.2. The quantitative estimate of drug-likeness (QED) is 0.932. The summed E-state index contributed by atoms with van der Waals surface area (Å²) in [5, 5.41) is -0.219. The van der Waals surface area contributed by atoms with Gasteiger partial charge < -0.3 is 10.5 Å². The van der Waals surface area contributed by atoms with Crippen molar-refractivity contribution in [2.45, 2.75) is 0 Å². The van der Waals surface area contributed by atoms with Crippen LogP contribution in [0.5, 0.6) is 11.8 Å².